The molecular formula is C11H14FN. The van der Waals surface area contributed by atoms with Crippen LogP contribution in [-0.2, 0) is 6.42 Å². The first-order valence-corrected chi connectivity index (χ1v) is 4.38. The highest BCUT2D eigenvalue weighted by Crippen LogP contribution is 2.06. The molecule has 1 aromatic rings. The van der Waals surface area contributed by atoms with Gasteiger partial charge in [0.25, 0.3) is 0 Å². The van der Waals surface area contributed by atoms with Gasteiger partial charge in [0.1, 0.15) is 0 Å². The van der Waals surface area contributed by atoms with Gasteiger partial charge in [-0.1, -0.05) is 36.4 Å². The molecule has 13 heavy (non-hydrogen) atoms. The third-order valence-electron chi connectivity index (χ3n) is 1.81. The van der Waals surface area contributed by atoms with E-state index in [0.29, 0.717) is 13.0 Å². The van der Waals surface area contributed by atoms with Gasteiger partial charge in [-0.2, -0.15) is 0 Å². The second-order valence-corrected chi connectivity index (χ2v) is 2.82. The number of hydrogen-bond acceptors (Lipinski definition) is 1. The van der Waals surface area contributed by atoms with Gasteiger partial charge in [-0.15, -0.1) is 0 Å². The van der Waals surface area contributed by atoms with E-state index in [-0.39, 0.29) is 6.67 Å². The third-order valence-corrected chi connectivity index (χ3v) is 1.81. The van der Waals surface area contributed by atoms with Crippen LogP contribution in [0, 0.1) is 0 Å². The van der Waals surface area contributed by atoms with Crippen molar-refractivity contribution in [1.29, 1.82) is 0 Å². The van der Waals surface area contributed by atoms with Crippen LogP contribution < -0.4 is 5.73 Å². The van der Waals surface area contributed by atoms with Crippen molar-refractivity contribution in [3.63, 3.8) is 0 Å². The molecule has 2 heteroatoms. The molecule has 2 N–H and O–H groups in total. The number of alkyl halides is 1. The minimum Gasteiger partial charge on any atom is -0.327 e. The number of rotatable bonds is 4. The van der Waals surface area contributed by atoms with Crippen LogP contribution in [0.5, 0.6) is 0 Å². The fraction of sp³-hybridized carbons (Fsp3) is 0.273. The Labute approximate surface area is 78.1 Å². The second-order valence-electron chi connectivity index (χ2n) is 2.82. The second kappa shape index (κ2) is 5.49. The fourth-order valence-corrected chi connectivity index (χ4v) is 1.11. The highest BCUT2D eigenvalue weighted by Gasteiger charge is 1.91. The lowest BCUT2D eigenvalue weighted by atomic mass is 10.1. The molecule has 0 saturated heterocycles. The van der Waals surface area contributed by atoms with Crippen molar-refractivity contribution in [2.24, 2.45) is 5.73 Å². The minimum atomic E-state index is -0.294. The zero-order valence-electron chi connectivity index (χ0n) is 7.54. The summed E-state index contributed by atoms with van der Waals surface area (Å²) in [5.74, 6) is 0. The van der Waals surface area contributed by atoms with Gasteiger partial charge in [-0.05, 0) is 11.1 Å². The van der Waals surface area contributed by atoms with Crippen LogP contribution in [0.2, 0.25) is 0 Å². The Morgan fingerprint density at radius 1 is 1.23 bits per heavy atom. The molecule has 0 aliphatic heterocycles. The molecule has 0 aliphatic rings. The van der Waals surface area contributed by atoms with E-state index in [1.54, 1.807) is 0 Å². The molecule has 0 amide bonds. The Balaban J connectivity index is 2.64. The summed E-state index contributed by atoms with van der Waals surface area (Å²) in [5, 5.41) is 0. The summed E-state index contributed by atoms with van der Waals surface area (Å²) < 4.78 is 12.0. The van der Waals surface area contributed by atoms with E-state index < -0.39 is 0 Å². The highest BCUT2D eigenvalue weighted by atomic mass is 19.1. The van der Waals surface area contributed by atoms with Crippen molar-refractivity contribution in [1.82, 2.24) is 0 Å². The Kier molecular flexibility index (Phi) is 4.19. The summed E-state index contributed by atoms with van der Waals surface area (Å²) in [6.45, 7) is 0.254. The van der Waals surface area contributed by atoms with Gasteiger partial charge in [0.2, 0.25) is 0 Å². The largest absolute Gasteiger partial charge is 0.327 e. The lowest BCUT2D eigenvalue weighted by Gasteiger charge is -1.97. The third kappa shape index (κ3) is 3.38. The normalized spacial score (nSPS) is 10.9. The minimum absolute atomic E-state index is 0.294. The Morgan fingerprint density at radius 2 is 1.92 bits per heavy atom. The number of benzene rings is 1. The SMILES string of the molecule is NC/C=C/c1ccc(CCF)cc1. The molecule has 0 aliphatic carbocycles. The van der Waals surface area contributed by atoms with Crippen LogP contribution in [0.25, 0.3) is 6.08 Å². The summed E-state index contributed by atoms with van der Waals surface area (Å²) in [5.41, 5.74) is 7.46. The summed E-state index contributed by atoms with van der Waals surface area (Å²) in [7, 11) is 0. The van der Waals surface area contributed by atoms with Crippen molar-refractivity contribution in [3.8, 4) is 0 Å². The smallest absolute Gasteiger partial charge is 0.0934 e. The standard InChI is InChI=1S/C11H14FN/c12-8-7-11-5-3-10(4-6-11)2-1-9-13/h1-6H,7-9,13H2/b2-1+. The van der Waals surface area contributed by atoms with Gasteiger partial charge < -0.3 is 5.73 Å². The number of aryl methyl sites for hydroxylation is 1. The van der Waals surface area contributed by atoms with Crippen molar-refractivity contribution < 1.29 is 4.39 Å². The molecule has 1 nitrogen and oxygen atoms in total. The summed E-state index contributed by atoms with van der Waals surface area (Å²) in [4.78, 5) is 0. The van der Waals surface area contributed by atoms with Gasteiger partial charge >= 0.3 is 0 Å². The van der Waals surface area contributed by atoms with E-state index in [9.17, 15) is 4.39 Å². The molecule has 0 bridgehead atoms. The van der Waals surface area contributed by atoms with Crippen molar-refractivity contribution in [2.75, 3.05) is 13.2 Å². The maximum atomic E-state index is 12.0. The van der Waals surface area contributed by atoms with Gasteiger partial charge in [0, 0.05) is 13.0 Å². The average Bonchev–Trinajstić information content (AvgIpc) is 2.17. The molecule has 0 saturated carbocycles. The molecule has 0 aromatic heterocycles. The summed E-state index contributed by atoms with van der Waals surface area (Å²) >= 11 is 0. The summed E-state index contributed by atoms with van der Waals surface area (Å²) in [6.07, 6.45) is 4.35. The lowest BCUT2D eigenvalue weighted by Crippen LogP contribution is -1.92. The maximum Gasteiger partial charge on any atom is 0.0934 e. The van der Waals surface area contributed by atoms with Crippen LogP contribution in [-0.4, -0.2) is 13.2 Å². The molecule has 0 heterocycles. The van der Waals surface area contributed by atoms with E-state index in [1.165, 1.54) is 0 Å². The lowest BCUT2D eigenvalue weighted by molar-refractivity contribution is 0.495. The maximum absolute atomic E-state index is 12.0. The van der Waals surface area contributed by atoms with Crippen molar-refractivity contribution in [2.45, 2.75) is 6.42 Å². The Hall–Kier alpha value is -1.15. The molecule has 0 spiro atoms. The summed E-state index contributed by atoms with van der Waals surface area (Å²) in [6, 6.07) is 7.82. The zero-order valence-corrected chi connectivity index (χ0v) is 7.54. The van der Waals surface area contributed by atoms with Gasteiger partial charge in [-0.3, -0.25) is 4.39 Å². The van der Waals surface area contributed by atoms with Crippen LogP contribution in [0.3, 0.4) is 0 Å². The van der Waals surface area contributed by atoms with Gasteiger partial charge in [0.15, 0.2) is 0 Å². The van der Waals surface area contributed by atoms with E-state index in [4.69, 9.17) is 5.73 Å². The van der Waals surface area contributed by atoms with Crippen molar-refractivity contribution >= 4 is 6.08 Å². The fourth-order valence-electron chi connectivity index (χ4n) is 1.11. The number of hydrogen-bond donors (Lipinski definition) is 1. The first-order valence-electron chi connectivity index (χ1n) is 4.38. The predicted molar refractivity (Wildman–Crippen MR) is 54.2 cm³/mol. The van der Waals surface area contributed by atoms with Crippen LogP contribution in [0.1, 0.15) is 11.1 Å². The van der Waals surface area contributed by atoms with E-state index in [2.05, 4.69) is 0 Å². The number of halogens is 1. The first-order chi connectivity index (χ1) is 6.36. The first kappa shape index (κ1) is 9.93. The van der Waals surface area contributed by atoms with Crippen LogP contribution >= 0.6 is 0 Å². The predicted octanol–water partition coefficient (Wildman–Crippen LogP) is 2.17. The monoisotopic (exact) mass is 179 g/mol. The van der Waals surface area contributed by atoms with E-state index >= 15 is 0 Å². The number of nitrogens with two attached hydrogens (primary N) is 1. The molecule has 0 fully saturated rings. The Bertz CT molecular complexity index is 264. The molecule has 0 atom stereocenters. The molecule has 70 valence electrons. The molecule has 0 radical (unpaired) electrons. The van der Waals surface area contributed by atoms with E-state index in [1.807, 2.05) is 36.4 Å². The molecule has 1 rings (SSSR count). The quantitative estimate of drug-likeness (QED) is 0.753. The average molecular weight is 179 g/mol. The highest BCUT2D eigenvalue weighted by molar-refractivity contribution is 5.49. The molecule has 1 aromatic carbocycles. The van der Waals surface area contributed by atoms with Crippen LogP contribution in [0.15, 0.2) is 30.3 Å². The van der Waals surface area contributed by atoms with Crippen LogP contribution in [0.4, 0.5) is 4.39 Å². The van der Waals surface area contributed by atoms with E-state index in [0.717, 1.165) is 11.1 Å². The zero-order chi connectivity index (χ0) is 9.52. The molecular weight excluding hydrogens is 165 g/mol. The topological polar surface area (TPSA) is 26.0 Å². The molecule has 0 unspecified atom stereocenters. The van der Waals surface area contributed by atoms with Crippen molar-refractivity contribution in [3.05, 3.63) is 41.5 Å². The van der Waals surface area contributed by atoms with Gasteiger partial charge in [0.05, 0.1) is 6.67 Å². The Morgan fingerprint density at radius 3 is 2.46 bits per heavy atom. The van der Waals surface area contributed by atoms with Gasteiger partial charge in [-0.25, -0.2) is 0 Å².